The smallest absolute Gasteiger partial charge is 0.306 e. The number of esters is 1. The number of hydrogen-bond acceptors (Lipinski definition) is 4. The Morgan fingerprint density at radius 2 is 1.63 bits per heavy atom. The first-order chi connectivity index (χ1) is 14.7. The molecule has 3 aromatic rings. The van der Waals surface area contributed by atoms with E-state index in [9.17, 15) is 4.79 Å². The van der Waals surface area contributed by atoms with Gasteiger partial charge in [-0.25, -0.2) is 0 Å². The fourth-order valence-electron chi connectivity index (χ4n) is 2.87. The molecule has 0 aliphatic heterocycles. The Kier molecular flexibility index (Phi) is 8.10. The summed E-state index contributed by atoms with van der Waals surface area (Å²) in [5.74, 6) is 2.23. The molecule has 0 radical (unpaired) electrons. The zero-order valence-electron chi connectivity index (χ0n) is 17.1. The van der Waals surface area contributed by atoms with E-state index in [-0.39, 0.29) is 5.97 Å². The summed E-state index contributed by atoms with van der Waals surface area (Å²) >= 11 is 0. The van der Waals surface area contributed by atoms with Crippen LogP contribution >= 0.6 is 0 Å². The highest BCUT2D eigenvalue weighted by atomic mass is 16.5. The number of ether oxygens (including phenoxy) is 3. The van der Waals surface area contributed by atoms with E-state index in [0.29, 0.717) is 26.1 Å². The number of rotatable bonds is 10. The summed E-state index contributed by atoms with van der Waals surface area (Å²) in [6, 6.07) is 25.4. The summed E-state index contributed by atoms with van der Waals surface area (Å²) in [6.45, 7) is 2.70. The third-order valence-electron chi connectivity index (χ3n) is 4.34. The molecule has 0 saturated heterocycles. The monoisotopic (exact) mass is 402 g/mol. The number of carbonyl (C=O) groups excluding carboxylic acids is 1. The first kappa shape index (κ1) is 21.2. The zero-order valence-corrected chi connectivity index (χ0v) is 17.1. The molecule has 0 fully saturated rings. The van der Waals surface area contributed by atoms with E-state index in [4.69, 9.17) is 14.2 Å². The van der Waals surface area contributed by atoms with E-state index in [1.165, 1.54) is 0 Å². The van der Waals surface area contributed by atoms with Crippen LogP contribution in [0.5, 0.6) is 17.2 Å². The second kappa shape index (κ2) is 11.5. The summed E-state index contributed by atoms with van der Waals surface area (Å²) in [4.78, 5) is 11.4. The van der Waals surface area contributed by atoms with Crippen molar-refractivity contribution in [1.29, 1.82) is 0 Å². The summed E-state index contributed by atoms with van der Waals surface area (Å²) in [5, 5.41) is 0. The van der Waals surface area contributed by atoms with E-state index >= 15 is 0 Å². The van der Waals surface area contributed by atoms with Gasteiger partial charge in [0.25, 0.3) is 0 Å². The van der Waals surface area contributed by atoms with Crippen molar-refractivity contribution >= 4 is 12.0 Å². The minimum atomic E-state index is -0.166. The summed E-state index contributed by atoms with van der Waals surface area (Å²) < 4.78 is 16.6. The Labute approximate surface area is 177 Å². The van der Waals surface area contributed by atoms with E-state index in [1.807, 2.05) is 97.9 Å². The number of carbonyl (C=O) groups is 1. The highest BCUT2D eigenvalue weighted by Crippen LogP contribution is 2.22. The lowest BCUT2D eigenvalue weighted by atomic mass is 10.1. The predicted octanol–water partition coefficient (Wildman–Crippen LogP) is 6.07. The molecule has 0 aliphatic carbocycles. The van der Waals surface area contributed by atoms with Crippen molar-refractivity contribution in [2.75, 3.05) is 13.2 Å². The van der Waals surface area contributed by atoms with Crippen LogP contribution < -0.4 is 9.47 Å². The van der Waals surface area contributed by atoms with Crippen molar-refractivity contribution in [2.45, 2.75) is 19.8 Å². The van der Waals surface area contributed by atoms with Crippen molar-refractivity contribution in [1.82, 2.24) is 0 Å². The van der Waals surface area contributed by atoms with Gasteiger partial charge >= 0.3 is 5.97 Å². The van der Waals surface area contributed by atoms with Gasteiger partial charge in [-0.3, -0.25) is 4.79 Å². The van der Waals surface area contributed by atoms with Gasteiger partial charge in [0.15, 0.2) is 0 Å². The number of aryl methyl sites for hydroxylation is 1. The molecule has 0 aliphatic rings. The second-order valence-corrected chi connectivity index (χ2v) is 6.65. The summed E-state index contributed by atoms with van der Waals surface area (Å²) in [7, 11) is 0. The topological polar surface area (TPSA) is 44.8 Å². The van der Waals surface area contributed by atoms with Crippen molar-refractivity contribution in [3.8, 4) is 17.2 Å². The first-order valence-corrected chi connectivity index (χ1v) is 10.1. The maximum atomic E-state index is 11.4. The molecule has 30 heavy (non-hydrogen) atoms. The van der Waals surface area contributed by atoms with Crippen LogP contribution in [0, 0.1) is 0 Å². The molecular weight excluding hydrogens is 376 g/mol. The lowest BCUT2D eigenvalue weighted by molar-refractivity contribution is -0.143. The highest BCUT2D eigenvalue weighted by Gasteiger charge is 2.03. The summed E-state index contributed by atoms with van der Waals surface area (Å²) in [6.07, 6.45) is 5.03. The molecule has 0 bridgehead atoms. The molecule has 154 valence electrons. The highest BCUT2D eigenvalue weighted by molar-refractivity contribution is 5.69. The van der Waals surface area contributed by atoms with Crippen molar-refractivity contribution in [3.63, 3.8) is 0 Å². The fraction of sp³-hybridized carbons (Fsp3) is 0.192. The molecule has 0 amide bonds. The molecule has 0 atom stereocenters. The molecule has 3 aromatic carbocycles. The van der Waals surface area contributed by atoms with Gasteiger partial charge in [0, 0.05) is 6.42 Å². The quantitative estimate of drug-likeness (QED) is 0.386. The first-order valence-electron chi connectivity index (χ1n) is 10.1. The molecular formula is C26H26O4. The molecule has 0 heterocycles. The zero-order chi connectivity index (χ0) is 21.0. The molecule has 3 rings (SSSR count). The van der Waals surface area contributed by atoms with Crippen molar-refractivity contribution in [3.05, 3.63) is 96.1 Å². The van der Waals surface area contributed by atoms with Crippen molar-refractivity contribution < 1.29 is 19.0 Å². The van der Waals surface area contributed by atoms with E-state index in [0.717, 1.165) is 28.4 Å². The van der Waals surface area contributed by atoms with E-state index in [2.05, 4.69) is 0 Å². The minimum absolute atomic E-state index is 0.166. The maximum Gasteiger partial charge on any atom is 0.306 e. The number of benzene rings is 3. The number of hydrogen-bond donors (Lipinski definition) is 0. The Bertz CT molecular complexity index is 946. The number of para-hydroxylation sites is 1. The van der Waals surface area contributed by atoms with Gasteiger partial charge in [0.05, 0.1) is 6.61 Å². The van der Waals surface area contributed by atoms with Gasteiger partial charge in [0.1, 0.15) is 23.9 Å². The Morgan fingerprint density at radius 3 is 2.40 bits per heavy atom. The Balaban J connectivity index is 1.45. The SMILES string of the molecule is CCOC(=O)CCc1ccc(OCC=Cc2cccc(Oc3ccccc3)c2)cc1. The lowest BCUT2D eigenvalue weighted by Crippen LogP contribution is -2.05. The average Bonchev–Trinajstić information content (AvgIpc) is 2.77. The van der Waals surface area contributed by atoms with Crippen LogP contribution in [0.3, 0.4) is 0 Å². The standard InChI is InChI=1S/C26H26O4/c1-2-28-26(27)18-15-21-13-16-23(17-14-21)29-19-7-9-22-8-6-12-25(20-22)30-24-10-4-3-5-11-24/h3-14,16-17,20H,2,15,18-19H2,1H3. The van der Waals surface area contributed by atoms with Crippen molar-refractivity contribution in [2.24, 2.45) is 0 Å². The molecule has 0 N–H and O–H groups in total. The van der Waals surface area contributed by atoms with Gasteiger partial charge in [-0.05, 0) is 66.9 Å². The largest absolute Gasteiger partial charge is 0.490 e. The van der Waals surface area contributed by atoms with Crippen LogP contribution in [0.15, 0.2) is 84.9 Å². The Morgan fingerprint density at radius 1 is 0.867 bits per heavy atom. The van der Waals surface area contributed by atoms with Gasteiger partial charge in [-0.1, -0.05) is 48.5 Å². The molecule has 0 unspecified atom stereocenters. The van der Waals surface area contributed by atoms with E-state index < -0.39 is 0 Å². The van der Waals surface area contributed by atoms with Gasteiger partial charge < -0.3 is 14.2 Å². The predicted molar refractivity (Wildman–Crippen MR) is 119 cm³/mol. The van der Waals surface area contributed by atoms with Crippen LogP contribution in [-0.2, 0) is 16.0 Å². The van der Waals surface area contributed by atoms with Gasteiger partial charge in [-0.2, -0.15) is 0 Å². The Hall–Kier alpha value is -3.53. The minimum Gasteiger partial charge on any atom is -0.490 e. The van der Waals surface area contributed by atoms with E-state index in [1.54, 1.807) is 0 Å². The summed E-state index contributed by atoms with van der Waals surface area (Å²) in [5.41, 5.74) is 2.13. The molecule has 4 heteroatoms. The maximum absolute atomic E-state index is 11.4. The van der Waals surface area contributed by atoms with Gasteiger partial charge in [-0.15, -0.1) is 0 Å². The van der Waals surface area contributed by atoms with Crippen LogP contribution in [0.25, 0.3) is 6.08 Å². The van der Waals surface area contributed by atoms with Crippen LogP contribution in [-0.4, -0.2) is 19.2 Å². The third-order valence-corrected chi connectivity index (χ3v) is 4.34. The molecule has 4 nitrogen and oxygen atoms in total. The van der Waals surface area contributed by atoms with Crippen LogP contribution in [0.1, 0.15) is 24.5 Å². The van der Waals surface area contributed by atoms with Gasteiger partial charge in [0.2, 0.25) is 0 Å². The fourth-order valence-corrected chi connectivity index (χ4v) is 2.87. The molecule has 0 saturated carbocycles. The average molecular weight is 402 g/mol. The second-order valence-electron chi connectivity index (χ2n) is 6.65. The molecule has 0 spiro atoms. The normalized spacial score (nSPS) is 10.7. The van der Waals surface area contributed by atoms with Crippen LogP contribution in [0.2, 0.25) is 0 Å². The lowest BCUT2D eigenvalue weighted by Gasteiger charge is -2.06. The molecule has 0 aromatic heterocycles. The van der Waals surface area contributed by atoms with Crippen LogP contribution in [0.4, 0.5) is 0 Å². The third kappa shape index (κ3) is 7.13.